The quantitative estimate of drug-likeness (QED) is 0.586. The minimum absolute atomic E-state index is 0.0758. The number of hydrogen-bond donors (Lipinski definition) is 0. The van der Waals surface area contributed by atoms with Crippen LogP contribution in [0.25, 0.3) is 11.3 Å². The van der Waals surface area contributed by atoms with Crippen LogP contribution in [0.2, 0.25) is 0 Å². The van der Waals surface area contributed by atoms with Crippen molar-refractivity contribution >= 4 is 0 Å². The van der Waals surface area contributed by atoms with E-state index in [-0.39, 0.29) is 6.07 Å². The molecule has 0 aliphatic carbocycles. The number of pyridine rings is 1. The summed E-state index contributed by atoms with van der Waals surface area (Å²) in [5, 5.41) is 0. The first-order valence-corrected chi connectivity index (χ1v) is 6.11. The maximum Gasteiger partial charge on any atom is 0.417 e. The minimum Gasteiger partial charge on any atom is -0.256 e. The van der Waals surface area contributed by atoms with E-state index in [1.54, 1.807) is 0 Å². The Hall–Kier alpha value is -2.26. The third kappa shape index (κ3) is 3.98. The molecule has 0 aliphatic rings. The van der Waals surface area contributed by atoms with Crippen molar-refractivity contribution in [1.82, 2.24) is 4.98 Å². The second-order valence-corrected chi connectivity index (χ2v) is 4.72. The number of nitrogens with zero attached hydrogens (tertiary/aromatic N) is 1. The van der Waals surface area contributed by atoms with Gasteiger partial charge in [0, 0.05) is 11.8 Å². The predicted octanol–water partition coefficient (Wildman–Crippen LogP) is 5.81. The summed E-state index contributed by atoms with van der Waals surface area (Å²) in [6.45, 7) is 0. The lowest BCUT2D eigenvalue weighted by Gasteiger charge is -2.14. The minimum atomic E-state index is -5.05. The van der Waals surface area contributed by atoms with Gasteiger partial charge in [0.2, 0.25) is 0 Å². The predicted molar refractivity (Wildman–Crippen MR) is 64.7 cm³/mol. The van der Waals surface area contributed by atoms with Crippen molar-refractivity contribution in [2.45, 2.75) is 18.5 Å². The van der Waals surface area contributed by atoms with Crippen LogP contribution in [0, 0.1) is 0 Å². The molecule has 0 fully saturated rings. The highest BCUT2D eigenvalue weighted by Gasteiger charge is 2.37. The molecule has 1 aromatic heterocycles. The van der Waals surface area contributed by atoms with Crippen LogP contribution in [0.1, 0.15) is 16.7 Å². The normalized spacial score (nSPS) is 13.2. The number of hydrogen-bond acceptors (Lipinski definition) is 1. The zero-order chi connectivity index (χ0) is 18.3. The fourth-order valence-corrected chi connectivity index (χ4v) is 1.84. The van der Waals surface area contributed by atoms with Crippen LogP contribution in [-0.4, -0.2) is 4.98 Å². The summed E-state index contributed by atoms with van der Waals surface area (Å²) in [4.78, 5) is 3.31. The van der Waals surface area contributed by atoms with Gasteiger partial charge in [0.25, 0.3) is 0 Å². The maximum absolute atomic E-state index is 12.7. The smallest absolute Gasteiger partial charge is 0.256 e. The Labute approximate surface area is 128 Å². The summed E-state index contributed by atoms with van der Waals surface area (Å²) in [6, 6.07) is 1.94. The Balaban J connectivity index is 2.57. The standard InChI is InChI=1S/C14H6F9N/c15-12(16,17)8-1-2-11(24-6-8)7-3-9(13(18,19)20)5-10(4-7)14(21,22)23/h1-6H. The van der Waals surface area contributed by atoms with Crippen LogP contribution >= 0.6 is 0 Å². The van der Waals surface area contributed by atoms with Crippen molar-refractivity contribution in [2.24, 2.45) is 0 Å². The molecule has 0 saturated carbocycles. The van der Waals surface area contributed by atoms with E-state index >= 15 is 0 Å². The van der Waals surface area contributed by atoms with E-state index in [4.69, 9.17) is 0 Å². The van der Waals surface area contributed by atoms with Gasteiger partial charge in [0.15, 0.2) is 0 Å². The van der Waals surface area contributed by atoms with Gasteiger partial charge in [-0.15, -0.1) is 0 Å². The molecule has 10 heteroatoms. The number of aromatic nitrogens is 1. The van der Waals surface area contributed by atoms with Gasteiger partial charge in [-0.05, 0) is 30.3 Å². The van der Waals surface area contributed by atoms with Crippen molar-refractivity contribution in [3.63, 3.8) is 0 Å². The molecular weight excluding hydrogens is 353 g/mol. The molecule has 0 atom stereocenters. The maximum atomic E-state index is 12.7. The molecule has 2 rings (SSSR count). The van der Waals surface area contributed by atoms with Crippen LogP contribution in [0.5, 0.6) is 0 Å². The zero-order valence-corrected chi connectivity index (χ0v) is 11.3. The van der Waals surface area contributed by atoms with Crippen molar-refractivity contribution in [3.8, 4) is 11.3 Å². The molecule has 1 heterocycles. The average Bonchev–Trinajstić information content (AvgIpc) is 2.44. The van der Waals surface area contributed by atoms with E-state index in [1.165, 1.54) is 0 Å². The highest BCUT2D eigenvalue weighted by molar-refractivity contribution is 5.62. The number of alkyl halides is 9. The topological polar surface area (TPSA) is 12.9 Å². The zero-order valence-electron chi connectivity index (χ0n) is 11.3. The molecule has 0 unspecified atom stereocenters. The van der Waals surface area contributed by atoms with E-state index in [0.29, 0.717) is 30.5 Å². The molecule has 1 nitrogen and oxygen atoms in total. The monoisotopic (exact) mass is 359 g/mol. The second-order valence-electron chi connectivity index (χ2n) is 4.72. The highest BCUT2D eigenvalue weighted by atomic mass is 19.4. The fourth-order valence-electron chi connectivity index (χ4n) is 1.84. The van der Waals surface area contributed by atoms with Crippen molar-refractivity contribution in [1.29, 1.82) is 0 Å². The van der Waals surface area contributed by atoms with Crippen molar-refractivity contribution in [2.75, 3.05) is 0 Å². The van der Waals surface area contributed by atoms with Gasteiger partial charge in [0.1, 0.15) is 0 Å². The molecule has 0 bridgehead atoms. The molecule has 0 aliphatic heterocycles. The molecule has 0 saturated heterocycles. The summed E-state index contributed by atoms with van der Waals surface area (Å²) in [7, 11) is 0. The van der Waals surface area contributed by atoms with Gasteiger partial charge >= 0.3 is 18.5 Å². The molecule has 130 valence electrons. The largest absolute Gasteiger partial charge is 0.417 e. The Morgan fingerprint density at radius 1 is 0.583 bits per heavy atom. The van der Waals surface area contributed by atoms with Crippen LogP contribution in [-0.2, 0) is 18.5 Å². The molecule has 0 radical (unpaired) electrons. The van der Waals surface area contributed by atoms with Gasteiger partial charge in [-0.2, -0.15) is 39.5 Å². The molecule has 0 spiro atoms. The third-order valence-electron chi connectivity index (χ3n) is 2.97. The molecule has 2 aromatic rings. The molecule has 24 heavy (non-hydrogen) atoms. The van der Waals surface area contributed by atoms with Crippen LogP contribution in [0.4, 0.5) is 39.5 Å². The number of halogens is 9. The summed E-state index contributed by atoms with van der Waals surface area (Å²) < 4.78 is 114. The summed E-state index contributed by atoms with van der Waals surface area (Å²) in [5.74, 6) is 0. The molecule has 0 N–H and O–H groups in total. The van der Waals surface area contributed by atoms with Crippen LogP contribution in [0.15, 0.2) is 36.5 Å². The summed E-state index contributed by atoms with van der Waals surface area (Å²) >= 11 is 0. The second kappa shape index (κ2) is 5.67. The molecule has 0 amide bonds. The Morgan fingerprint density at radius 3 is 1.38 bits per heavy atom. The Kier molecular flexibility index (Phi) is 4.28. The van der Waals surface area contributed by atoms with Gasteiger partial charge in [-0.3, -0.25) is 4.98 Å². The van der Waals surface area contributed by atoms with Gasteiger partial charge in [-0.1, -0.05) is 0 Å². The SMILES string of the molecule is FC(F)(F)c1ccc(-c2cc(C(F)(F)F)cc(C(F)(F)F)c2)nc1. The number of rotatable bonds is 1. The van der Waals surface area contributed by atoms with Gasteiger partial charge in [0.05, 0.1) is 22.4 Å². The van der Waals surface area contributed by atoms with E-state index in [1.807, 2.05) is 0 Å². The highest BCUT2D eigenvalue weighted by Crippen LogP contribution is 2.38. The van der Waals surface area contributed by atoms with E-state index in [2.05, 4.69) is 4.98 Å². The van der Waals surface area contributed by atoms with Crippen molar-refractivity contribution < 1.29 is 39.5 Å². The summed E-state index contributed by atoms with van der Waals surface area (Å²) in [6.07, 6.45) is -14.5. The average molecular weight is 359 g/mol. The third-order valence-corrected chi connectivity index (χ3v) is 2.97. The van der Waals surface area contributed by atoms with Gasteiger partial charge in [-0.25, -0.2) is 0 Å². The lowest BCUT2D eigenvalue weighted by Crippen LogP contribution is -2.11. The fraction of sp³-hybridized carbons (Fsp3) is 0.214. The first kappa shape index (κ1) is 18.1. The molecule has 1 aromatic carbocycles. The lowest BCUT2D eigenvalue weighted by molar-refractivity contribution is -0.143. The Bertz CT molecular complexity index is 692. The van der Waals surface area contributed by atoms with E-state index in [9.17, 15) is 39.5 Å². The Morgan fingerprint density at radius 2 is 1.04 bits per heavy atom. The van der Waals surface area contributed by atoms with Crippen molar-refractivity contribution in [3.05, 3.63) is 53.2 Å². The van der Waals surface area contributed by atoms with Crippen LogP contribution in [0.3, 0.4) is 0 Å². The van der Waals surface area contributed by atoms with E-state index < -0.39 is 46.5 Å². The summed E-state index contributed by atoms with van der Waals surface area (Å²) in [5.41, 5.74) is -5.36. The van der Waals surface area contributed by atoms with Gasteiger partial charge < -0.3 is 0 Å². The molecular formula is C14H6F9N. The van der Waals surface area contributed by atoms with Crippen LogP contribution < -0.4 is 0 Å². The first-order valence-electron chi connectivity index (χ1n) is 6.11. The first-order chi connectivity index (χ1) is 10.8. The lowest BCUT2D eigenvalue weighted by atomic mass is 10.0. The van der Waals surface area contributed by atoms with E-state index in [0.717, 1.165) is 0 Å². The number of benzene rings is 1.